The van der Waals surface area contributed by atoms with Crippen molar-refractivity contribution >= 4 is 41.4 Å². The second kappa shape index (κ2) is 13.1. The van der Waals surface area contributed by atoms with Crippen LogP contribution in [0.5, 0.6) is 0 Å². The van der Waals surface area contributed by atoms with Gasteiger partial charge in [-0.25, -0.2) is 14.3 Å². The van der Waals surface area contributed by atoms with Crippen LogP contribution in [0, 0.1) is 11.3 Å². The minimum absolute atomic E-state index is 0.0732. The Balaban J connectivity index is 1.19. The van der Waals surface area contributed by atoms with Gasteiger partial charge in [0.2, 0.25) is 0 Å². The van der Waals surface area contributed by atoms with E-state index in [2.05, 4.69) is 15.6 Å². The number of nitrogens with zero attached hydrogens (tertiary/aromatic N) is 3. The van der Waals surface area contributed by atoms with Crippen LogP contribution in [-0.2, 0) is 44.7 Å². The van der Waals surface area contributed by atoms with E-state index in [0.29, 0.717) is 23.6 Å². The largest absolute Gasteiger partial charge is 0.478 e. The minimum atomic E-state index is -1.25. The fraction of sp³-hybridized carbons (Fsp3) is 0.424. The number of carboxylic acids is 1. The maximum atomic E-state index is 13.7. The summed E-state index contributed by atoms with van der Waals surface area (Å²) in [6.45, 7) is 4.06. The van der Waals surface area contributed by atoms with Crippen LogP contribution in [0.3, 0.4) is 0 Å². The number of hydrogen-bond donors (Lipinski definition) is 2. The summed E-state index contributed by atoms with van der Waals surface area (Å²) >= 11 is 5.91. The second-order valence-electron chi connectivity index (χ2n) is 12.2. The number of hydrogen-bond acceptors (Lipinski definition) is 10. The minimum Gasteiger partial charge on any atom is -0.478 e. The van der Waals surface area contributed by atoms with Crippen molar-refractivity contribution < 1.29 is 43.3 Å². The lowest BCUT2D eigenvalue weighted by molar-refractivity contribution is -0.235. The zero-order valence-corrected chi connectivity index (χ0v) is 26.9. The smallest absolute Gasteiger partial charge is 0.334 e. The lowest BCUT2D eigenvalue weighted by atomic mass is 9.62. The molecule has 4 atom stereocenters. The zero-order chi connectivity index (χ0) is 34.0. The molecule has 1 amide bonds. The molecule has 3 aliphatic rings. The molecule has 0 radical (unpaired) electrons. The zero-order valence-electron chi connectivity index (χ0n) is 26.2. The summed E-state index contributed by atoms with van der Waals surface area (Å²) in [5.41, 5.74) is -2.05. The second-order valence-corrected chi connectivity index (χ2v) is 12.6. The highest BCUT2D eigenvalue weighted by atomic mass is 35.5. The van der Waals surface area contributed by atoms with Crippen LogP contribution < -0.4 is 5.32 Å². The van der Waals surface area contributed by atoms with Crippen molar-refractivity contribution in [2.24, 2.45) is 11.3 Å². The highest BCUT2D eigenvalue weighted by molar-refractivity contribution is 6.30. The number of benzene rings is 1. The van der Waals surface area contributed by atoms with E-state index in [1.807, 2.05) is 0 Å². The van der Waals surface area contributed by atoms with Crippen LogP contribution in [0.15, 0.2) is 65.9 Å². The molecule has 2 heterocycles. The van der Waals surface area contributed by atoms with Gasteiger partial charge in [-0.3, -0.25) is 14.4 Å². The molecule has 2 fully saturated rings. The van der Waals surface area contributed by atoms with Gasteiger partial charge in [-0.05, 0) is 76.3 Å². The predicted molar refractivity (Wildman–Crippen MR) is 166 cm³/mol. The van der Waals surface area contributed by atoms with Gasteiger partial charge in [0.15, 0.2) is 6.61 Å². The van der Waals surface area contributed by atoms with Crippen LogP contribution >= 0.6 is 11.6 Å². The molecule has 5 rings (SSSR count). The summed E-state index contributed by atoms with van der Waals surface area (Å²) in [7, 11) is 0. The van der Waals surface area contributed by atoms with Crippen LogP contribution in [-0.4, -0.2) is 67.7 Å². The number of halogens is 1. The summed E-state index contributed by atoms with van der Waals surface area (Å²) in [6.07, 6.45) is 9.13. The first kappa shape index (κ1) is 33.6. The molecule has 14 heteroatoms. The van der Waals surface area contributed by atoms with Crippen molar-refractivity contribution in [3.8, 4) is 5.69 Å². The Hall–Kier alpha value is -4.78. The number of allylic oxidation sites excluding steroid dienone is 3. The Bertz CT molecular complexity index is 1700. The molecule has 1 saturated carbocycles. The van der Waals surface area contributed by atoms with Crippen molar-refractivity contribution in [3.05, 3.63) is 76.6 Å². The lowest BCUT2D eigenvalue weighted by Crippen LogP contribution is -2.65. The molecule has 2 aromatic rings. The number of carbonyl (C=O) groups excluding carboxylic acids is 4. The number of nitrogens with one attached hydrogen (secondary N) is 1. The number of ether oxygens (including phenoxy) is 3. The van der Waals surface area contributed by atoms with E-state index in [9.17, 15) is 29.1 Å². The molecule has 1 aromatic heterocycles. The van der Waals surface area contributed by atoms with E-state index in [-0.39, 0.29) is 37.0 Å². The average molecular weight is 667 g/mol. The number of carboxylic acid groups (broad SMARTS) is 1. The summed E-state index contributed by atoms with van der Waals surface area (Å²) in [5.74, 6) is -3.90. The van der Waals surface area contributed by atoms with E-state index >= 15 is 0 Å². The summed E-state index contributed by atoms with van der Waals surface area (Å²) < 4.78 is 18.7. The molecule has 248 valence electrons. The van der Waals surface area contributed by atoms with Crippen molar-refractivity contribution in [2.75, 3.05) is 6.61 Å². The fourth-order valence-electron chi connectivity index (χ4n) is 6.91. The molecule has 4 unspecified atom stereocenters. The van der Waals surface area contributed by atoms with Crippen molar-refractivity contribution in [3.63, 3.8) is 0 Å². The van der Waals surface area contributed by atoms with Gasteiger partial charge in [-0.1, -0.05) is 35.0 Å². The topological polar surface area (TPSA) is 176 Å². The summed E-state index contributed by atoms with van der Waals surface area (Å²) in [6, 6.07) is 7.00. The molecule has 47 heavy (non-hydrogen) atoms. The van der Waals surface area contributed by atoms with Gasteiger partial charge in [0.1, 0.15) is 22.3 Å². The average Bonchev–Trinajstić information content (AvgIpc) is 3.54. The highest BCUT2D eigenvalue weighted by Crippen LogP contribution is 2.65. The number of esters is 3. The highest BCUT2D eigenvalue weighted by Gasteiger charge is 2.74. The van der Waals surface area contributed by atoms with Gasteiger partial charge >= 0.3 is 23.9 Å². The van der Waals surface area contributed by atoms with Crippen molar-refractivity contribution in [1.29, 1.82) is 0 Å². The van der Waals surface area contributed by atoms with E-state index in [1.165, 1.54) is 24.6 Å². The van der Waals surface area contributed by atoms with Crippen LogP contribution in [0.1, 0.15) is 58.6 Å². The van der Waals surface area contributed by atoms with Gasteiger partial charge in [-0.15, -0.1) is 5.10 Å². The molecule has 2 N–H and O–H groups in total. The SMILES string of the molecule is CC(=O)OC12CCC(C(=O)O)=CCC13CCC2C(C)(/C=C/C=C(\C)C(=O)OCC(=O)NCc1cn(-c2ccc(Cl)cc2)nn1)OC3=O. The third-order valence-corrected chi connectivity index (χ3v) is 9.47. The van der Waals surface area contributed by atoms with Crippen molar-refractivity contribution in [2.45, 2.75) is 70.6 Å². The number of rotatable bonds is 10. The summed E-state index contributed by atoms with van der Waals surface area (Å²) in [4.78, 5) is 62.7. The normalized spacial score (nSPS) is 26.9. The van der Waals surface area contributed by atoms with Crippen LogP contribution in [0.2, 0.25) is 5.02 Å². The third-order valence-electron chi connectivity index (χ3n) is 9.22. The fourth-order valence-corrected chi connectivity index (χ4v) is 7.04. The maximum Gasteiger partial charge on any atom is 0.334 e. The summed E-state index contributed by atoms with van der Waals surface area (Å²) in [5, 5.41) is 20.9. The molecular weight excluding hydrogens is 632 g/mol. The molecule has 1 aliphatic heterocycles. The van der Waals surface area contributed by atoms with E-state index in [1.54, 1.807) is 55.6 Å². The number of cyclic esters (lactones) is 1. The third kappa shape index (κ3) is 6.57. The maximum absolute atomic E-state index is 13.7. The number of aliphatic carboxylic acids is 1. The van der Waals surface area contributed by atoms with Crippen LogP contribution in [0.4, 0.5) is 0 Å². The first-order valence-electron chi connectivity index (χ1n) is 15.1. The van der Waals surface area contributed by atoms with Crippen LogP contribution in [0.25, 0.3) is 5.69 Å². The molecule has 2 aliphatic carbocycles. The molecule has 1 saturated heterocycles. The van der Waals surface area contributed by atoms with Gasteiger partial charge < -0.3 is 24.6 Å². The van der Waals surface area contributed by atoms with E-state index in [0.717, 1.165) is 5.69 Å². The Morgan fingerprint density at radius 2 is 1.94 bits per heavy atom. The molecule has 0 spiro atoms. The molecule has 2 bridgehead atoms. The Morgan fingerprint density at radius 1 is 1.19 bits per heavy atom. The van der Waals surface area contributed by atoms with Crippen molar-refractivity contribution in [1.82, 2.24) is 20.3 Å². The monoisotopic (exact) mass is 666 g/mol. The van der Waals surface area contributed by atoms with Gasteiger partial charge in [0, 0.05) is 29.0 Å². The first-order chi connectivity index (χ1) is 22.3. The molecule has 1 aromatic carbocycles. The Morgan fingerprint density at radius 3 is 2.64 bits per heavy atom. The molecular formula is C33H35ClN4O9. The Labute approximate surface area is 275 Å². The number of amides is 1. The first-order valence-corrected chi connectivity index (χ1v) is 15.5. The standard InChI is InChI=1S/C33H35ClN4O9/c1-20(29(43)45-19-27(40)35-17-24-18-38(37-36-24)25-8-6-23(34)7-9-25)5-4-13-31(3)26-12-15-32(30(44)47-31)14-10-22(28(41)42)11-16-33(26,32)46-21(2)39/h4-10,13,18,26H,11-12,14-17,19H2,1-3H3,(H,35,40)(H,41,42)/b13-4+,20-5+. The number of aromatic nitrogens is 3. The molecule has 13 nitrogen and oxygen atoms in total. The van der Waals surface area contributed by atoms with Gasteiger partial charge in [0.25, 0.3) is 5.91 Å². The van der Waals surface area contributed by atoms with E-state index in [4.69, 9.17) is 25.8 Å². The quantitative estimate of drug-likeness (QED) is 0.163. The van der Waals surface area contributed by atoms with Gasteiger partial charge in [0.05, 0.1) is 18.4 Å². The van der Waals surface area contributed by atoms with Gasteiger partial charge in [-0.2, -0.15) is 0 Å². The Kier molecular flexibility index (Phi) is 9.39. The predicted octanol–water partition coefficient (Wildman–Crippen LogP) is 3.79. The lowest BCUT2D eigenvalue weighted by Gasteiger charge is -2.54. The number of carbonyl (C=O) groups is 5. The van der Waals surface area contributed by atoms with E-state index < -0.39 is 58.9 Å².